The number of hydrogen-bond acceptors (Lipinski definition) is 4. The molecule has 2 aromatic rings. The predicted molar refractivity (Wildman–Crippen MR) is 93.8 cm³/mol. The second kappa shape index (κ2) is 7.53. The quantitative estimate of drug-likeness (QED) is 0.839. The highest BCUT2D eigenvalue weighted by Gasteiger charge is 2.35. The highest BCUT2D eigenvalue weighted by Crippen LogP contribution is 2.31. The van der Waals surface area contributed by atoms with Crippen molar-refractivity contribution in [1.29, 1.82) is 0 Å². The lowest BCUT2D eigenvalue weighted by atomic mass is 10.2. The van der Waals surface area contributed by atoms with Gasteiger partial charge in [0.05, 0.1) is 11.3 Å². The van der Waals surface area contributed by atoms with E-state index in [1.165, 1.54) is 12.1 Å². The van der Waals surface area contributed by atoms with Gasteiger partial charge in [-0.3, -0.25) is 19.2 Å². The molecule has 1 aliphatic rings. The molecule has 1 unspecified atom stereocenters. The zero-order valence-corrected chi connectivity index (χ0v) is 15.3. The number of alkyl halides is 3. The molecule has 1 atom stereocenters. The van der Waals surface area contributed by atoms with Gasteiger partial charge in [0.15, 0.2) is 6.61 Å². The Hall–Kier alpha value is -3.04. The van der Waals surface area contributed by atoms with Crippen LogP contribution < -0.4 is 15.0 Å². The molecule has 0 saturated carbocycles. The number of nitrogens with one attached hydrogen (secondary N) is 1. The van der Waals surface area contributed by atoms with Crippen LogP contribution >= 0.6 is 0 Å². The number of nitrogens with zero attached hydrogens (tertiary/aromatic N) is 3. The van der Waals surface area contributed by atoms with Gasteiger partial charge < -0.3 is 10.1 Å². The van der Waals surface area contributed by atoms with Crippen LogP contribution in [-0.2, 0) is 22.8 Å². The molecular formula is C18H19F3N4O3. The standard InChI is InChI=1S/C18H19F3N4O3/c1-11-8-16(24(2)23-11)25-7-6-14(17(25)27)22-15(26)10-28-13-5-3-4-12(9-13)18(19,20)21/h3-5,8-9,14H,6-7,10H2,1-2H3,(H,22,26). The van der Waals surface area contributed by atoms with Crippen LogP contribution in [0.2, 0.25) is 0 Å². The summed E-state index contributed by atoms with van der Waals surface area (Å²) in [6.45, 7) is 1.75. The number of aromatic nitrogens is 2. The summed E-state index contributed by atoms with van der Waals surface area (Å²) < 4.78 is 44.8. The van der Waals surface area contributed by atoms with Crippen LogP contribution in [0, 0.1) is 6.92 Å². The van der Waals surface area contributed by atoms with Gasteiger partial charge in [0.25, 0.3) is 11.8 Å². The average Bonchev–Trinajstić information content (AvgIpc) is 3.14. The molecule has 28 heavy (non-hydrogen) atoms. The van der Waals surface area contributed by atoms with Crippen LogP contribution in [-0.4, -0.2) is 40.8 Å². The third kappa shape index (κ3) is 4.26. The van der Waals surface area contributed by atoms with Crippen molar-refractivity contribution in [2.45, 2.75) is 25.6 Å². The second-order valence-electron chi connectivity index (χ2n) is 6.48. The van der Waals surface area contributed by atoms with Gasteiger partial charge in [-0.1, -0.05) is 6.07 Å². The number of halogens is 3. The first kappa shape index (κ1) is 19.7. The minimum absolute atomic E-state index is 0.0743. The van der Waals surface area contributed by atoms with E-state index in [0.29, 0.717) is 18.8 Å². The molecule has 0 bridgehead atoms. The van der Waals surface area contributed by atoms with Crippen molar-refractivity contribution in [3.8, 4) is 5.75 Å². The lowest BCUT2D eigenvalue weighted by molar-refractivity contribution is -0.137. The molecular weight excluding hydrogens is 377 g/mol. The normalized spacial score (nSPS) is 17.1. The molecule has 2 amide bonds. The van der Waals surface area contributed by atoms with E-state index >= 15 is 0 Å². The fraction of sp³-hybridized carbons (Fsp3) is 0.389. The minimum atomic E-state index is -4.49. The first-order valence-electron chi connectivity index (χ1n) is 8.56. The van der Waals surface area contributed by atoms with E-state index in [4.69, 9.17) is 4.74 Å². The maximum absolute atomic E-state index is 12.7. The minimum Gasteiger partial charge on any atom is -0.484 e. The summed E-state index contributed by atoms with van der Waals surface area (Å²) in [6.07, 6.45) is -4.08. The second-order valence-corrected chi connectivity index (χ2v) is 6.48. The molecule has 10 heteroatoms. The third-order valence-electron chi connectivity index (χ3n) is 4.33. The van der Waals surface area contributed by atoms with Crippen LogP contribution in [0.1, 0.15) is 17.7 Å². The number of anilines is 1. The van der Waals surface area contributed by atoms with E-state index in [-0.39, 0.29) is 11.7 Å². The molecule has 0 aliphatic carbocycles. The summed E-state index contributed by atoms with van der Waals surface area (Å²) in [6, 6.07) is 5.32. The first-order chi connectivity index (χ1) is 13.1. The predicted octanol–water partition coefficient (Wildman–Crippen LogP) is 2.05. The largest absolute Gasteiger partial charge is 0.484 e. The molecule has 1 aromatic carbocycles. The number of rotatable bonds is 5. The number of benzene rings is 1. The zero-order valence-electron chi connectivity index (χ0n) is 15.3. The number of carbonyl (C=O) groups is 2. The molecule has 3 rings (SSSR count). The van der Waals surface area contributed by atoms with Gasteiger partial charge >= 0.3 is 6.18 Å². The van der Waals surface area contributed by atoms with Crippen LogP contribution in [0.4, 0.5) is 19.0 Å². The van der Waals surface area contributed by atoms with E-state index in [1.54, 1.807) is 22.7 Å². The van der Waals surface area contributed by atoms with Gasteiger partial charge in [-0.05, 0) is 31.5 Å². The summed E-state index contributed by atoms with van der Waals surface area (Å²) in [4.78, 5) is 26.1. The summed E-state index contributed by atoms with van der Waals surface area (Å²) in [5.74, 6) is -0.289. The Labute approximate surface area is 159 Å². The van der Waals surface area contributed by atoms with E-state index in [1.807, 2.05) is 6.92 Å². The summed E-state index contributed by atoms with van der Waals surface area (Å²) in [5, 5.41) is 6.76. The fourth-order valence-electron chi connectivity index (χ4n) is 3.04. The lowest BCUT2D eigenvalue weighted by Gasteiger charge is -2.17. The highest BCUT2D eigenvalue weighted by molar-refractivity contribution is 6.00. The summed E-state index contributed by atoms with van der Waals surface area (Å²) >= 11 is 0. The molecule has 7 nitrogen and oxygen atoms in total. The van der Waals surface area contributed by atoms with Crippen molar-refractivity contribution in [2.24, 2.45) is 7.05 Å². The fourth-order valence-corrected chi connectivity index (χ4v) is 3.04. The van der Waals surface area contributed by atoms with E-state index in [2.05, 4.69) is 10.4 Å². The van der Waals surface area contributed by atoms with Gasteiger partial charge in [0.2, 0.25) is 0 Å². The Kier molecular flexibility index (Phi) is 5.30. The van der Waals surface area contributed by atoms with Gasteiger partial charge in [-0.15, -0.1) is 0 Å². The van der Waals surface area contributed by atoms with E-state index in [0.717, 1.165) is 17.8 Å². The maximum atomic E-state index is 12.7. The molecule has 1 N–H and O–H groups in total. The van der Waals surface area contributed by atoms with Crippen LogP contribution in [0.3, 0.4) is 0 Å². The topological polar surface area (TPSA) is 76.5 Å². The number of hydrogen-bond donors (Lipinski definition) is 1. The van der Waals surface area contributed by atoms with Crippen molar-refractivity contribution in [3.63, 3.8) is 0 Å². The third-order valence-corrected chi connectivity index (χ3v) is 4.33. The molecule has 1 saturated heterocycles. The Morgan fingerprint density at radius 2 is 2.11 bits per heavy atom. The SMILES string of the molecule is Cc1cc(N2CCC(NC(=O)COc3cccc(C(F)(F)F)c3)C2=O)n(C)n1. The van der Waals surface area contributed by atoms with Crippen molar-refractivity contribution in [1.82, 2.24) is 15.1 Å². The lowest BCUT2D eigenvalue weighted by Crippen LogP contribution is -2.43. The van der Waals surface area contributed by atoms with Crippen molar-refractivity contribution in [2.75, 3.05) is 18.1 Å². The number of ether oxygens (including phenoxy) is 1. The van der Waals surface area contributed by atoms with E-state index < -0.39 is 30.3 Å². The van der Waals surface area contributed by atoms with Crippen LogP contribution in [0.5, 0.6) is 5.75 Å². The Morgan fingerprint density at radius 3 is 2.75 bits per heavy atom. The molecule has 1 fully saturated rings. The number of aryl methyl sites for hydroxylation is 2. The van der Waals surface area contributed by atoms with Gasteiger partial charge in [-0.2, -0.15) is 18.3 Å². The highest BCUT2D eigenvalue weighted by atomic mass is 19.4. The summed E-state index contributed by atoms with van der Waals surface area (Å²) in [5.41, 5.74) is -0.0919. The Bertz CT molecular complexity index is 894. The molecule has 150 valence electrons. The van der Waals surface area contributed by atoms with Gasteiger partial charge in [0, 0.05) is 19.7 Å². The van der Waals surface area contributed by atoms with E-state index in [9.17, 15) is 22.8 Å². The molecule has 1 aliphatic heterocycles. The Morgan fingerprint density at radius 1 is 1.36 bits per heavy atom. The monoisotopic (exact) mass is 396 g/mol. The molecule has 1 aromatic heterocycles. The van der Waals surface area contributed by atoms with Crippen molar-refractivity contribution >= 4 is 17.6 Å². The molecule has 0 radical (unpaired) electrons. The smallest absolute Gasteiger partial charge is 0.416 e. The zero-order chi connectivity index (χ0) is 20.5. The van der Waals surface area contributed by atoms with Gasteiger partial charge in [0.1, 0.15) is 17.6 Å². The van der Waals surface area contributed by atoms with Crippen LogP contribution in [0.15, 0.2) is 30.3 Å². The van der Waals surface area contributed by atoms with Crippen molar-refractivity contribution < 1.29 is 27.5 Å². The first-order valence-corrected chi connectivity index (χ1v) is 8.56. The van der Waals surface area contributed by atoms with Gasteiger partial charge in [-0.25, -0.2) is 0 Å². The average molecular weight is 396 g/mol. The number of carbonyl (C=O) groups excluding carboxylic acids is 2. The van der Waals surface area contributed by atoms with Crippen LogP contribution in [0.25, 0.3) is 0 Å². The Balaban J connectivity index is 1.56. The molecule has 2 heterocycles. The maximum Gasteiger partial charge on any atom is 0.416 e. The van der Waals surface area contributed by atoms with Crippen molar-refractivity contribution in [3.05, 3.63) is 41.6 Å². The number of amides is 2. The summed E-state index contributed by atoms with van der Waals surface area (Å²) in [7, 11) is 1.73. The molecule has 0 spiro atoms.